The van der Waals surface area contributed by atoms with Crippen molar-refractivity contribution < 1.29 is 4.79 Å². The van der Waals surface area contributed by atoms with Crippen molar-refractivity contribution in [3.63, 3.8) is 0 Å². The lowest BCUT2D eigenvalue weighted by atomic mass is 9.80. The summed E-state index contributed by atoms with van der Waals surface area (Å²) in [5.74, 6) is 1.75. The zero-order valence-electron chi connectivity index (χ0n) is 9.74. The second-order valence-corrected chi connectivity index (χ2v) is 6.27. The molecule has 1 aromatic rings. The Hall–Kier alpha value is -0.630. The Morgan fingerprint density at radius 1 is 1.44 bits per heavy atom. The van der Waals surface area contributed by atoms with Crippen molar-refractivity contribution in [3.8, 4) is 0 Å². The summed E-state index contributed by atoms with van der Waals surface area (Å²) in [5, 5.41) is 2.15. The van der Waals surface area contributed by atoms with Gasteiger partial charge in [0, 0.05) is 16.7 Å². The van der Waals surface area contributed by atoms with Crippen LogP contribution < -0.4 is 0 Å². The van der Waals surface area contributed by atoms with Gasteiger partial charge in [-0.05, 0) is 55.0 Å². The molecule has 1 nitrogen and oxygen atoms in total. The molecule has 0 bridgehead atoms. The Bertz CT molecular complexity index is 403. The van der Waals surface area contributed by atoms with Gasteiger partial charge < -0.3 is 0 Å². The molecule has 0 amide bonds. The van der Waals surface area contributed by atoms with Crippen LogP contribution in [0, 0.1) is 11.8 Å². The van der Waals surface area contributed by atoms with E-state index in [9.17, 15) is 4.79 Å². The fraction of sp³-hybridized carbons (Fsp3) is 0.643. The summed E-state index contributed by atoms with van der Waals surface area (Å²) < 4.78 is 0. The van der Waals surface area contributed by atoms with Gasteiger partial charge in [-0.25, -0.2) is 0 Å². The summed E-state index contributed by atoms with van der Waals surface area (Å²) in [5.41, 5.74) is 1.36. The minimum atomic E-state index is 0.227. The first-order valence-corrected chi connectivity index (χ1v) is 7.25. The topological polar surface area (TPSA) is 17.1 Å². The SMILES string of the molecule is CC(C(=O)C1CCCc2sccc21)C1CC1. The van der Waals surface area contributed by atoms with Crippen LogP contribution >= 0.6 is 11.3 Å². The number of thiophene rings is 1. The van der Waals surface area contributed by atoms with Crippen LogP contribution in [0.5, 0.6) is 0 Å². The molecule has 3 rings (SSSR count). The van der Waals surface area contributed by atoms with Gasteiger partial charge in [-0.2, -0.15) is 0 Å². The van der Waals surface area contributed by atoms with Gasteiger partial charge in [-0.3, -0.25) is 4.79 Å². The molecule has 0 radical (unpaired) electrons. The van der Waals surface area contributed by atoms with Gasteiger partial charge >= 0.3 is 0 Å². The van der Waals surface area contributed by atoms with Gasteiger partial charge in [0.1, 0.15) is 5.78 Å². The van der Waals surface area contributed by atoms with Crippen molar-refractivity contribution in [2.24, 2.45) is 11.8 Å². The molecule has 2 aliphatic rings. The third-order valence-electron chi connectivity index (χ3n) is 4.17. The van der Waals surface area contributed by atoms with Gasteiger partial charge in [0.25, 0.3) is 0 Å². The summed E-state index contributed by atoms with van der Waals surface area (Å²) in [6, 6.07) is 2.18. The lowest BCUT2D eigenvalue weighted by molar-refractivity contribution is -0.124. The van der Waals surface area contributed by atoms with E-state index >= 15 is 0 Å². The van der Waals surface area contributed by atoms with E-state index in [1.54, 1.807) is 0 Å². The standard InChI is InChI=1S/C14H18OS/c1-9(10-5-6-10)14(15)12-3-2-4-13-11(12)7-8-16-13/h7-10,12H,2-6H2,1H3. The van der Waals surface area contributed by atoms with Crippen LogP contribution in [0.1, 0.15) is 49.0 Å². The Balaban J connectivity index is 1.83. The molecule has 2 heteroatoms. The van der Waals surface area contributed by atoms with Crippen molar-refractivity contribution in [1.82, 2.24) is 0 Å². The van der Waals surface area contributed by atoms with E-state index in [0.29, 0.717) is 17.6 Å². The Morgan fingerprint density at radius 3 is 3.00 bits per heavy atom. The van der Waals surface area contributed by atoms with E-state index in [-0.39, 0.29) is 5.92 Å². The highest BCUT2D eigenvalue weighted by molar-refractivity contribution is 7.10. The number of ketones is 1. The monoisotopic (exact) mass is 234 g/mol. The van der Waals surface area contributed by atoms with Crippen LogP contribution in [0.2, 0.25) is 0 Å². The predicted molar refractivity (Wildman–Crippen MR) is 66.9 cm³/mol. The molecule has 86 valence electrons. The number of rotatable bonds is 3. The third kappa shape index (κ3) is 1.73. The minimum absolute atomic E-state index is 0.227. The molecule has 2 aliphatic carbocycles. The second kappa shape index (κ2) is 3.99. The van der Waals surface area contributed by atoms with Crippen molar-refractivity contribution >= 4 is 17.1 Å². The van der Waals surface area contributed by atoms with E-state index in [4.69, 9.17) is 0 Å². The van der Waals surface area contributed by atoms with Crippen LogP contribution in [0.4, 0.5) is 0 Å². The number of hydrogen-bond acceptors (Lipinski definition) is 2. The molecule has 0 N–H and O–H groups in total. The summed E-state index contributed by atoms with van der Waals surface area (Å²) in [4.78, 5) is 13.9. The first-order valence-electron chi connectivity index (χ1n) is 6.37. The maximum atomic E-state index is 12.4. The molecule has 1 heterocycles. The van der Waals surface area contributed by atoms with Crippen molar-refractivity contribution in [2.45, 2.75) is 44.9 Å². The minimum Gasteiger partial charge on any atom is -0.299 e. The number of carbonyl (C=O) groups excluding carboxylic acids is 1. The number of hydrogen-bond donors (Lipinski definition) is 0. The van der Waals surface area contributed by atoms with Gasteiger partial charge in [0.15, 0.2) is 0 Å². The fourth-order valence-electron chi connectivity index (χ4n) is 2.93. The van der Waals surface area contributed by atoms with Crippen LogP contribution in [-0.4, -0.2) is 5.78 Å². The van der Waals surface area contributed by atoms with E-state index in [1.165, 1.54) is 36.1 Å². The second-order valence-electron chi connectivity index (χ2n) is 5.27. The number of Topliss-reactive ketones (excluding diaryl/α,β-unsaturated/α-hetero) is 1. The van der Waals surface area contributed by atoms with E-state index in [1.807, 2.05) is 11.3 Å². The Morgan fingerprint density at radius 2 is 2.25 bits per heavy atom. The molecule has 16 heavy (non-hydrogen) atoms. The summed E-state index contributed by atoms with van der Waals surface area (Å²) >= 11 is 1.83. The summed E-state index contributed by atoms with van der Waals surface area (Å²) in [7, 11) is 0. The van der Waals surface area contributed by atoms with Crippen LogP contribution in [0.15, 0.2) is 11.4 Å². The number of aryl methyl sites for hydroxylation is 1. The summed E-state index contributed by atoms with van der Waals surface area (Å²) in [6.07, 6.45) is 6.02. The molecule has 0 aromatic carbocycles. The maximum absolute atomic E-state index is 12.4. The van der Waals surface area contributed by atoms with E-state index in [0.717, 1.165) is 6.42 Å². The van der Waals surface area contributed by atoms with Crippen molar-refractivity contribution in [1.29, 1.82) is 0 Å². The highest BCUT2D eigenvalue weighted by Crippen LogP contribution is 2.42. The molecular formula is C14H18OS. The van der Waals surface area contributed by atoms with Gasteiger partial charge in [-0.1, -0.05) is 6.92 Å². The lowest BCUT2D eigenvalue weighted by Gasteiger charge is -2.24. The Labute approximate surface area is 101 Å². The highest BCUT2D eigenvalue weighted by Gasteiger charge is 2.37. The van der Waals surface area contributed by atoms with Gasteiger partial charge in [0.05, 0.1) is 0 Å². The van der Waals surface area contributed by atoms with Crippen LogP contribution in [-0.2, 0) is 11.2 Å². The Kier molecular flexibility index (Phi) is 2.62. The van der Waals surface area contributed by atoms with E-state index < -0.39 is 0 Å². The highest BCUT2D eigenvalue weighted by atomic mass is 32.1. The third-order valence-corrected chi connectivity index (χ3v) is 5.17. The molecular weight excluding hydrogens is 216 g/mol. The quantitative estimate of drug-likeness (QED) is 0.777. The molecule has 0 aliphatic heterocycles. The molecule has 0 saturated heterocycles. The van der Waals surface area contributed by atoms with E-state index in [2.05, 4.69) is 18.4 Å². The fourth-order valence-corrected chi connectivity index (χ4v) is 3.92. The average Bonchev–Trinajstić information content (AvgIpc) is 3.04. The lowest BCUT2D eigenvalue weighted by Crippen LogP contribution is -2.24. The number of carbonyl (C=O) groups is 1. The molecule has 2 unspecified atom stereocenters. The predicted octanol–water partition coefficient (Wildman–Crippen LogP) is 3.78. The van der Waals surface area contributed by atoms with Crippen LogP contribution in [0.25, 0.3) is 0 Å². The summed E-state index contributed by atoms with van der Waals surface area (Å²) in [6.45, 7) is 2.14. The first-order chi connectivity index (χ1) is 7.77. The van der Waals surface area contributed by atoms with Crippen molar-refractivity contribution in [2.75, 3.05) is 0 Å². The average molecular weight is 234 g/mol. The molecule has 0 spiro atoms. The van der Waals surface area contributed by atoms with Gasteiger partial charge in [0.2, 0.25) is 0 Å². The molecule has 2 atom stereocenters. The zero-order chi connectivity index (χ0) is 11.1. The largest absolute Gasteiger partial charge is 0.299 e. The maximum Gasteiger partial charge on any atom is 0.143 e. The number of fused-ring (bicyclic) bond motifs is 1. The molecule has 1 fully saturated rings. The molecule has 1 aromatic heterocycles. The smallest absolute Gasteiger partial charge is 0.143 e. The van der Waals surface area contributed by atoms with Crippen molar-refractivity contribution in [3.05, 3.63) is 21.9 Å². The van der Waals surface area contributed by atoms with Crippen LogP contribution in [0.3, 0.4) is 0 Å². The molecule has 1 saturated carbocycles. The first kappa shape index (κ1) is 10.5. The van der Waals surface area contributed by atoms with Gasteiger partial charge in [-0.15, -0.1) is 11.3 Å². The normalized spacial score (nSPS) is 26.2. The zero-order valence-corrected chi connectivity index (χ0v) is 10.6.